The van der Waals surface area contributed by atoms with E-state index in [1.54, 1.807) is 0 Å². The Balaban J connectivity index is 2.90. The molecule has 2 rings (SSSR count). The maximum atomic E-state index is 11.4. The number of benzene rings is 1. The van der Waals surface area contributed by atoms with Crippen molar-refractivity contribution in [2.45, 2.75) is 13.8 Å². The van der Waals surface area contributed by atoms with Gasteiger partial charge in [0.15, 0.2) is 0 Å². The first-order chi connectivity index (χ1) is 11.6. The largest absolute Gasteiger partial charge is 0.478 e. The number of carboxylic acid groups (broad SMARTS) is 4. The van der Waals surface area contributed by atoms with Gasteiger partial charge in [0.05, 0.1) is 22.3 Å². The highest BCUT2D eigenvalue weighted by Gasteiger charge is 2.28. The number of hydrogen-bond acceptors (Lipinski definition) is 4. The van der Waals surface area contributed by atoms with E-state index in [0.29, 0.717) is 0 Å². The first kappa shape index (κ1) is 17.7. The number of aromatic carboxylic acids is 4. The van der Waals surface area contributed by atoms with E-state index in [4.69, 9.17) is 10.2 Å². The van der Waals surface area contributed by atoms with Crippen molar-refractivity contribution in [3.63, 3.8) is 0 Å². The summed E-state index contributed by atoms with van der Waals surface area (Å²) in [7, 11) is 0. The topological polar surface area (TPSA) is 154 Å². The van der Waals surface area contributed by atoms with Crippen LogP contribution >= 0.6 is 0 Å². The molecule has 9 heteroatoms. The highest BCUT2D eigenvalue weighted by molar-refractivity contribution is 6.04. The number of hydrogen-bond donors (Lipinski definition) is 4. The van der Waals surface area contributed by atoms with Crippen molar-refractivity contribution in [1.82, 2.24) is 4.57 Å². The maximum Gasteiger partial charge on any atom is 0.338 e. The van der Waals surface area contributed by atoms with Gasteiger partial charge in [-0.2, -0.15) is 0 Å². The van der Waals surface area contributed by atoms with E-state index in [9.17, 15) is 29.4 Å². The predicted octanol–water partition coefficient (Wildman–Crippen LogP) is 1.89. The Kier molecular flexibility index (Phi) is 4.34. The van der Waals surface area contributed by atoms with Crippen molar-refractivity contribution in [2.75, 3.05) is 0 Å². The molecule has 1 aromatic heterocycles. The molecule has 1 aromatic carbocycles. The molecule has 0 aliphatic heterocycles. The Hall–Kier alpha value is -3.62. The fraction of sp³-hybridized carbons (Fsp3) is 0.125. The molecule has 130 valence electrons. The van der Waals surface area contributed by atoms with Crippen LogP contribution in [0.15, 0.2) is 18.2 Å². The van der Waals surface area contributed by atoms with E-state index in [-0.39, 0.29) is 28.2 Å². The second-order valence-electron chi connectivity index (χ2n) is 5.25. The fourth-order valence-electron chi connectivity index (χ4n) is 2.73. The molecule has 0 unspecified atom stereocenters. The summed E-state index contributed by atoms with van der Waals surface area (Å²) in [6.45, 7) is 2.72. The zero-order valence-corrected chi connectivity index (χ0v) is 13.1. The summed E-state index contributed by atoms with van der Waals surface area (Å²) in [4.78, 5) is 45.3. The number of carboxylic acids is 4. The molecule has 4 N–H and O–H groups in total. The van der Waals surface area contributed by atoms with E-state index in [2.05, 4.69) is 0 Å². The summed E-state index contributed by atoms with van der Waals surface area (Å²) >= 11 is 0. The van der Waals surface area contributed by atoms with Gasteiger partial charge in [0.25, 0.3) is 0 Å². The van der Waals surface area contributed by atoms with Gasteiger partial charge in [0, 0.05) is 17.1 Å². The van der Waals surface area contributed by atoms with Crippen molar-refractivity contribution >= 4 is 23.9 Å². The second-order valence-corrected chi connectivity index (χ2v) is 5.25. The molecule has 0 fully saturated rings. The Morgan fingerprint density at radius 2 is 1.04 bits per heavy atom. The highest BCUT2D eigenvalue weighted by atomic mass is 16.4. The monoisotopic (exact) mass is 347 g/mol. The van der Waals surface area contributed by atoms with E-state index < -0.39 is 35.0 Å². The number of rotatable bonds is 5. The maximum absolute atomic E-state index is 11.4. The molecule has 0 amide bonds. The average molecular weight is 347 g/mol. The third-order valence-corrected chi connectivity index (χ3v) is 3.74. The van der Waals surface area contributed by atoms with Gasteiger partial charge >= 0.3 is 23.9 Å². The van der Waals surface area contributed by atoms with Crippen LogP contribution in [-0.4, -0.2) is 48.9 Å². The highest BCUT2D eigenvalue weighted by Crippen LogP contribution is 2.27. The standard InChI is InChI=1S/C16H13NO8/c1-6-11(15(22)23)12(16(24)25)7(2)17(6)10-4-8(13(18)19)3-9(5-10)14(20)21/h3-5H,1-2H3,(H,18,19)(H,20,21)(H,22,23)(H,24,25). The second kappa shape index (κ2) is 6.11. The van der Waals surface area contributed by atoms with Crippen LogP contribution < -0.4 is 0 Å². The molecular weight excluding hydrogens is 334 g/mol. The van der Waals surface area contributed by atoms with Crippen LogP contribution in [0.25, 0.3) is 5.69 Å². The molecule has 25 heavy (non-hydrogen) atoms. The minimum absolute atomic E-state index is 0.0428. The number of aromatic nitrogens is 1. The van der Waals surface area contributed by atoms with Crippen molar-refractivity contribution in [3.8, 4) is 5.69 Å². The van der Waals surface area contributed by atoms with Gasteiger partial charge in [-0.25, -0.2) is 19.2 Å². The molecule has 1 heterocycles. The molecule has 9 nitrogen and oxygen atoms in total. The van der Waals surface area contributed by atoms with Gasteiger partial charge in [0.1, 0.15) is 0 Å². The van der Waals surface area contributed by atoms with Gasteiger partial charge in [-0.05, 0) is 32.0 Å². The van der Waals surface area contributed by atoms with Crippen molar-refractivity contribution < 1.29 is 39.6 Å². The molecule has 0 atom stereocenters. The predicted molar refractivity (Wildman–Crippen MR) is 83.1 cm³/mol. The summed E-state index contributed by atoms with van der Waals surface area (Å²) in [6.07, 6.45) is 0. The zero-order valence-electron chi connectivity index (χ0n) is 13.1. The van der Waals surface area contributed by atoms with Crippen molar-refractivity contribution in [1.29, 1.82) is 0 Å². The van der Waals surface area contributed by atoms with Crippen LogP contribution in [0.2, 0.25) is 0 Å². The normalized spacial score (nSPS) is 10.5. The first-order valence-corrected chi connectivity index (χ1v) is 6.86. The molecular formula is C16H13NO8. The minimum atomic E-state index is -1.45. The quantitative estimate of drug-likeness (QED) is 0.639. The lowest BCUT2D eigenvalue weighted by atomic mass is 10.1. The lowest BCUT2D eigenvalue weighted by Crippen LogP contribution is -2.08. The van der Waals surface area contributed by atoms with Gasteiger partial charge in [-0.15, -0.1) is 0 Å². The van der Waals surface area contributed by atoms with Crippen LogP contribution in [0, 0.1) is 13.8 Å². The fourth-order valence-corrected chi connectivity index (χ4v) is 2.73. The minimum Gasteiger partial charge on any atom is -0.478 e. The number of nitrogens with zero attached hydrogens (tertiary/aromatic N) is 1. The molecule has 0 radical (unpaired) electrons. The van der Waals surface area contributed by atoms with Gasteiger partial charge in [-0.1, -0.05) is 0 Å². The first-order valence-electron chi connectivity index (χ1n) is 6.86. The van der Waals surface area contributed by atoms with Crippen LogP contribution in [0.3, 0.4) is 0 Å². The summed E-state index contributed by atoms with van der Waals surface area (Å²) in [5.74, 6) is -5.65. The summed E-state index contributed by atoms with van der Waals surface area (Å²) in [5.41, 5.74) is -1.40. The van der Waals surface area contributed by atoms with Gasteiger partial charge in [-0.3, -0.25) is 0 Å². The molecule has 0 aliphatic carbocycles. The van der Waals surface area contributed by atoms with Gasteiger partial charge in [0.2, 0.25) is 0 Å². The molecule has 0 aliphatic rings. The van der Waals surface area contributed by atoms with E-state index in [1.165, 1.54) is 18.4 Å². The smallest absolute Gasteiger partial charge is 0.338 e. The van der Waals surface area contributed by atoms with Crippen LogP contribution in [0.5, 0.6) is 0 Å². The molecule has 0 bridgehead atoms. The summed E-state index contributed by atoms with van der Waals surface area (Å²) < 4.78 is 1.21. The van der Waals surface area contributed by atoms with Crippen molar-refractivity contribution in [3.05, 3.63) is 51.8 Å². The third-order valence-electron chi connectivity index (χ3n) is 3.74. The Labute approximate surface area is 140 Å². The Morgan fingerprint density at radius 3 is 1.32 bits per heavy atom. The SMILES string of the molecule is Cc1c(C(=O)O)c(C(=O)O)c(C)n1-c1cc(C(=O)O)cc(C(=O)O)c1. The van der Waals surface area contributed by atoms with E-state index in [1.807, 2.05) is 0 Å². The Bertz CT molecular complexity index is 868. The average Bonchev–Trinajstić information content (AvgIpc) is 2.77. The van der Waals surface area contributed by atoms with Crippen LogP contribution in [0.4, 0.5) is 0 Å². The lowest BCUT2D eigenvalue weighted by molar-refractivity contribution is 0.0651. The lowest BCUT2D eigenvalue weighted by Gasteiger charge is -2.12. The van der Waals surface area contributed by atoms with Gasteiger partial charge < -0.3 is 25.0 Å². The third kappa shape index (κ3) is 2.94. The Morgan fingerprint density at radius 1 is 0.680 bits per heavy atom. The molecule has 0 spiro atoms. The van der Waals surface area contributed by atoms with E-state index in [0.717, 1.165) is 18.2 Å². The zero-order chi connectivity index (χ0) is 19.0. The van der Waals surface area contributed by atoms with Crippen molar-refractivity contribution in [2.24, 2.45) is 0 Å². The molecule has 2 aromatic rings. The van der Waals surface area contributed by atoms with Crippen LogP contribution in [-0.2, 0) is 0 Å². The molecule has 0 saturated heterocycles. The molecule has 0 saturated carbocycles. The summed E-state index contributed by atoms with van der Waals surface area (Å²) in [6, 6.07) is 3.25. The number of carbonyl (C=O) groups is 4. The van der Waals surface area contributed by atoms with Crippen LogP contribution in [0.1, 0.15) is 52.8 Å². The summed E-state index contributed by atoms with van der Waals surface area (Å²) in [5, 5.41) is 36.9. The van der Waals surface area contributed by atoms with E-state index >= 15 is 0 Å².